The van der Waals surface area contributed by atoms with Crippen LogP contribution in [0.1, 0.15) is 19.5 Å². The van der Waals surface area contributed by atoms with Gasteiger partial charge in [-0.1, -0.05) is 0 Å². The largest absolute Gasteiger partial charge is 0.344 e. The van der Waals surface area contributed by atoms with Crippen molar-refractivity contribution in [1.82, 2.24) is 9.97 Å². The lowest BCUT2D eigenvalue weighted by Gasteiger charge is -2.02. The van der Waals surface area contributed by atoms with Crippen LogP contribution in [0.4, 0.5) is 0 Å². The normalized spacial score (nSPS) is 11.2. The fourth-order valence-electron chi connectivity index (χ4n) is 2.45. The minimum atomic E-state index is 1.07. The molecule has 4 heteroatoms. The molecule has 19 heavy (non-hydrogen) atoms. The van der Waals surface area contributed by atoms with Gasteiger partial charge in [0.05, 0.1) is 17.7 Å². The second-order valence-corrected chi connectivity index (χ2v) is 7.70. The number of nitrogens with zero attached hydrogens (tertiary/aromatic N) is 1. The van der Waals surface area contributed by atoms with Gasteiger partial charge in [0, 0.05) is 30.6 Å². The molecule has 3 heterocycles. The van der Waals surface area contributed by atoms with Crippen LogP contribution >= 0.6 is 22.7 Å². The van der Waals surface area contributed by atoms with Crippen LogP contribution in [0.5, 0.6) is 0 Å². The summed E-state index contributed by atoms with van der Waals surface area (Å²) < 4.78 is 0. The van der Waals surface area contributed by atoms with E-state index >= 15 is 0 Å². The van der Waals surface area contributed by atoms with Gasteiger partial charge in [-0.3, -0.25) is 0 Å². The highest BCUT2D eigenvalue weighted by atomic mass is 32.1. The second kappa shape index (κ2) is 4.62. The van der Waals surface area contributed by atoms with Gasteiger partial charge in [0.25, 0.3) is 0 Å². The first-order valence-electron chi connectivity index (χ1n) is 6.24. The topological polar surface area (TPSA) is 28.7 Å². The van der Waals surface area contributed by atoms with E-state index in [0.29, 0.717) is 0 Å². The summed E-state index contributed by atoms with van der Waals surface area (Å²) in [4.78, 5) is 13.2. The van der Waals surface area contributed by atoms with E-state index in [1.165, 1.54) is 30.6 Å². The molecule has 0 aliphatic rings. The third-order valence-electron chi connectivity index (χ3n) is 3.25. The van der Waals surface area contributed by atoms with Gasteiger partial charge in [0.1, 0.15) is 0 Å². The van der Waals surface area contributed by atoms with E-state index in [9.17, 15) is 0 Å². The van der Waals surface area contributed by atoms with E-state index in [2.05, 4.69) is 49.8 Å². The average Bonchev–Trinajstić information content (AvgIpc) is 2.98. The van der Waals surface area contributed by atoms with Gasteiger partial charge in [-0.15, -0.1) is 22.7 Å². The van der Waals surface area contributed by atoms with Crippen LogP contribution in [0, 0.1) is 27.7 Å². The van der Waals surface area contributed by atoms with E-state index in [1.807, 2.05) is 22.7 Å². The van der Waals surface area contributed by atoms with E-state index in [1.54, 1.807) is 6.33 Å². The third-order valence-corrected chi connectivity index (χ3v) is 5.18. The number of aromatic nitrogens is 2. The fourth-order valence-corrected chi connectivity index (χ4v) is 4.30. The maximum atomic E-state index is 4.54. The number of thiophene rings is 2. The monoisotopic (exact) mass is 288 g/mol. The van der Waals surface area contributed by atoms with E-state index in [4.69, 9.17) is 0 Å². The Morgan fingerprint density at radius 2 is 1.47 bits per heavy atom. The minimum Gasteiger partial charge on any atom is -0.344 e. The number of hydrogen-bond donors (Lipinski definition) is 1. The number of hydrogen-bond acceptors (Lipinski definition) is 3. The maximum Gasteiger partial charge on any atom is 0.0972 e. The van der Waals surface area contributed by atoms with Crippen molar-refractivity contribution in [3.8, 4) is 22.5 Å². The number of aryl methyl sites for hydroxylation is 4. The zero-order valence-corrected chi connectivity index (χ0v) is 13.1. The van der Waals surface area contributed by atoms with E-state index in [-0.39, 0.29) is 0 Å². The Morgan fingerprint density at radius 3 is 2.00 bits per heavy atom. The Bertz CT molecular complexity index is 670. The van der Waals surface area contributed by atoms with E-state index < -0.39 is 0 Å². The molecule has 0 saturated carbocycles. The average molecular weight is 288 g/mol. The molecule has 0 radical (unpaired) electrons. The maximum absolute atomic E-state index is 4.54. The number of H-pyrrole nitrogens is 1. The third kappa shape index (κ3) is 2.15. The van der Waals surface area contributed by atoms with Crippen molar-refractivity contribution in [3.05, 3.63) is 38.0 Å². The van der Waals surface area contributed by atoms with Crippen LogP contribution in [0.2, 0.25) is 0 Å². The first kappa shape index (κ1) is 12.6. The van der Waals surface area contributed by atoms with Crippen LogP contribution in [-0.2, 0) is 0 Å². The van der Waals surface area contributed by atoms with Crippen molar-refractivity contribution >= 4 is 22.7 Å². The van der Waals surface area contributed by atoms with Crippen LogP contribution < -0.4 is 0 Å². The first-order chi connectivity index (χ1) is 9.06. The smallest absolute Gasteiger partial charge is 0.0972 e. The Morgan fingerprint density at radius 1 is 0.895 bits per heavy atom. The minimum absolute atomic E-state index is 1.07. The molecule has 0 aliphatic heterocycles. The zero-order valence-electron chi connectivity index (χ0n) is 11.5. The molecule has 0 spiro atoms. The van der Waals surface area contributed by atoms with Crippen molar-refractivity contribution in [2.24, 2.45) is 0 Å². The SMILES string of the molecule is Cc1cc(-c2nc[nH]c2-c2cc(C)sc2C)c(C)s1. The molecule has 0 saturated heterocycles. The molecule has 98 valence electrons. The first-order valence-corrected chi connectivity index (χ1v) is 7.87. The summed E-state index contributed by atoms with van der Waals surface area (Å²) in [7, 11) is 0. The Kier molecular flexibility index (Phi) is 3.07. The second-order valence-electron chi connectivity index (χ2n) is 4.78. The van der Waals surface area contributed by atoms with Gasteiger partial charge < -0.3 is 4.98 Å². The van der Waals surface area contributed by atoms with Crippen molar-refractivity contribution in [1.29, 1.82) is 0 Å². The highest BCUT2D eigenvalue weighted by Gasteiger charge is 2.16. The molecule has 3 rings (SSSR count). The molecule has 2 nitrogen and oxygen atoms in total. The number of nitrogens with one attached hydrogen (secondary N) is 1. The lowest BCUT2D eigenvalue weighted by molar-refractivity contribution is 1.31. The summed E-state index contributed by atoms with van der Waals surface area (Å²) in [5.41, 5.74) is 4.74. The summed E-state index contributed by atoms with van der Waals surface area (Å²) in [6.07, 6.45) is 1.80. The molecule has 0 atom stereocenters. The van der Waals surface area contributed by atoms with Gasteiger partial charge in [-0.25, -0.2) is 4.98 Å². The molecular formula is C15H16N2S2. The lowest BCUT2D eigenvalue weighted by Crippen LogP contribution is -1.83. The van der Waals surface area contributed by atoms with Crippen molar-refractivity contribution in [2.75, 3.05) is 0 Å². The molecular weight excluding hydrogens is 272 g/mol. The molecule has 0 aliphatic carbocycles. The highest BCUT2D eigenvalue weighted by molar-refractivity contribution is 7.12. The van der Waals surface area contributed by atoms with Gasteiger partial charge in [0.15, 0.2) is 0 Å². The highest BCUT2D eigenvalue weighted by Crippen LogP contribution is 2.38. The lowest BCUT2D eigenvalue weighted by atomic mass is 10.1. The van der Waals surface area contributed by atoms with Gasteiger partial charge >= 0.3 is 0 Å². The summed E-state index contributed by atoms with van der Waals surface area (Å²) in [5.74, 6) is 0. The molecule has 0 bridgehead atoms. The van der Waals surface area contributed by atoms with E-state index in [0.717, 1.165) is 11.4 Å². The molecule has 0 unspecified atom stereocenters. The predicted octanol–water partition coefficient (Wildman–Crippen LogP) is 5.10. The molecule has 3 aromatic rings. The van der Waals surface area contributed by atoms with Crippen molar-refractivity contribution in [2.45, 2.75) is 27.7 Å². The van der Waals surface area contributed by atoms with Gasteiger partial charge in [-0.05, 0) is 39.8 Å². The Labute approximate surface area is 121 Å². The molecule has 0 amide bonds. The summed E-state index contributed by atoms with van der Waals surface area (Å²) in [6.45, 7) is 8.63. The standard InChI is InChI=1S/C15H16N2S2/c1-8-5-12(10(3)18-8)14-15(17-7-16-14)13-6-9(2)19-11(13)4/h5-7H,1-4H3,(H,16,17). The zero-order chi connectivity index (χ0) is 13.6. The quantitative estimate of drug-likeness (QED) is 0.698. The van der Waals surface area contributed by atoms with Crippen molar-refractivity contribution in [3.63, 3.8) is 0 Å². The van der Waals surface area contributed by atoms with Crippen LogP contribution in [-0.4, -0.2) is 9.97 Å². The van der Waals surface area contributed by atoms with Gasteiger partial charge in [0.2, 0.25) is 0 Å². The molecule has 0 fully saturated rings. The van der Waals surface area contributed by atoms with Gasteiger partial charge in [-0.2, -0.15) is 0 Å². The van der Waals surface area contributed by atoms with Crippen LogP contribution in [0.3, 0.4) is 0 Å². The van der Waals surface area contributed by atoms with Crippen LogP contribution in [0.15, 0.2) is 18.5 Å². The number of rotatable bonds is 2. The number of imidazole rings is 1. The van der Waals surface area contributed by atoms with Crippen molar-refractivity contribution < 1.29 is 0 Å². The Hall–Kier alpha value is -1.39. The number of aromatic amines is 1. The van der Waals surface area contributed by atoms with Crippen LogP contribution in [0.25, 0.3) is 22.5 Å². The summed E-state index contributed by atoms with van der Waals surface area (Å²) in [6, 6.07) is 4.47. The summed E-state index contributed by atoms with van der Waals surface area (Å²) in [5, 5.41) is 0. The predicted molar refractivity (Wildman–Crippen MR) is 84.2 cm³/mol. The molecule has 0 aromatic carbocycles. The molecule has 1 N–H and O–H groups in total. The Balaban J connectivity index is 2.18. The fraction of sp³-hybridized carbons (Fsp3) is 0.267. The summed E-state index contributed by atoms with van der Waals surface area (Å²) >= 11 is 3.67. The molecule has 3 aromatic heterocycles.